The first-order valence-corrected chi connectivity index (χ1v) is 8.44. The molecule has 0 saturated carbocycles. The van der Waals surface area contributed by atoms with E-state index in [4.69, 9.17) is 34.8 Å². The molecule has 100 valence electrons. The van der Waals surface area contributed by atoms with Crippen LogP contribution in [0.2, 0.25) is 15.1 Å². The molecule has 0 spiro atoms. The second kappa shape index (κ2) is 5.45. The van der Waals surface area contributed by atoms with Gasteiger partial charge in [-0.1, -0.05) is 34.8 Å². The summed E-state index contributed by atoms with van der Waals surface area (Å²) in [5, 5.41) is 4.33. The Morgan fingerprint density at radius 1 is 1.11 bits per heavy atom. The number of sulfone groups is 1. The third kappa shape index (κ3) is 3.44. The van der Waals surface area contributed by atoms with Crippen LogP contribution in [-0.2, 0) is 9.84 Å². The monoisotopic (exact) mass is 327 g/mol. The van der Waals surface area contributed by atoms with Gasteiger partial charge in [0.25, 0.3) is 0 Å². The molecule has 0 bridgehead atoms. The molecule has 1 saturated heterocycles. The summed E-state index contributed by atoms with van der Waals surface area (Å²) in [4.78, 5) is 0. The van der Waals surface area contributed by atoms with Crippen LogP contribution in [0, 0.1) is 0 Å². The molecule has 1 aromatic carbocycles. The molecule has 1 aliphatic heterocycles. The molecule has 1 aliphatic rings. The highest BCUT2D eigenvalue weighted by Crippen LogP contribution is 2.33. The number of halogens is 3. The molecular weight excluding hydrogens is 317 g/mol. The highest BCUT2D eigenvalue weighted by molar-refractivity contribution is 7.91. The summed E-state index contributed by atoms with van der Waals surface area (Å²) >= 11 is 17.8. The first kappa shape index (κ1) is 14.3. The van der Waals surface area contributed by atoms with Gasteiger partial charge in [-0.05, 0) is 25.0 Å². The number of anilines is 1. The topological polar surface area (TPSA) is 46.2 Å². The van der Waals surface area contributed by atoms with E-state index >= 15 is 0 Å². The fourth-order valence-corrected chi connectivity index (χ4v) is 4.23. The maximum atomic E-state index is 11.5. The summed E-state index contributed by atoms with van der Waals surface area (Å²) in [7, 11) is -2.95. The van der Waals surface area contributed by atoms with Crippen LogP contribution in [0.5, 0.6) is 0 Å². The van der Waals surface area contributed by atoms with Crippen LogP contribution in [0.25, 0.3) is 0 Å². The third-order valence-corrected chi connectivity index (χ3v) is 5.69. The summed E-state index contributed by atoms with van der Waals surface area (Å²) in [6.07, 6.45) is 1.47. The fourth-order valence-electron chi connectivity index (χ4n) is 1.99. The van der Waals surface area contributed by atoms with Crippen LogP contribution >= 0.6 is 34.8 Å². The van der Waals surface area contributed by atoms with Gasteiger partial charge in [-0.25, -0.2) is 8.42 Å². The van der Waals surface area contributed by atoms with Crippen LogP contribution in [0.4, 0.5) is 5.69 Å². The van der Waals surface area contributed by atoms with Crippen LogP contribution < -0.4 is 5.32 Å². The zero-order valence-corrected chi connectivity index (χ0v) is 12.5. The molecule has 3 nitrogen and oxygen atoms in total. The summed E-state index contributed by atoms with van der Waals surface area (Å²) in [6.45, 7) is 0. The van der Waals surface area contributed by atoms with E-state index in [0.29, 0.717) is 27.2 Å². The number of hydrogen-bond acceptors (Lipinski definition) is 3. The Bertz CT molecular complexity index is 560. The van der Waals surface area contributed by atoms with Crippen molar-refractivity contribution in [2.45, 2.75) is 18.9 Å². The smallest absolute Gasteiger partial charge is 0.152 e. The molecule has 1 fully saturated rings. The maximum absolute atomic E-state index is 11.5. The lowest BCUT2D eigenvalue weighted by Gasteiger charge is -2.24. The van der Waals surface area contributed by atoms with Crippen LogP contribution in [0.15, 0.2) is 12.1 Å². The van der Waals surface area contributed by atoms with Gasteiger partial charge in [0, 0.05) is 6.04 Å². The predicted octanol–water partition coefficient (Wildman–Crippen LogP) is 3.64. The molecule has 1 unspecified atom stereocenters. The molecule has 0 aliphatic carbocycles. The van der Waals surface area contributed by atoms with Crippen molar-refractivity contribution in [3.8, 4) is 0 Å². The van der Waals surface area contributed by atoms with E-state index in [0.717, 1.165) is 6.42 Å². The zero-order valence-electron chi connectivity index (χ0n) is 9.42. The van der Waals surface area contributed by atoms with Crippen LogP contribution in [0.1, 0.15) is 12.8 Å². The number of benzene rings is 1. The Kier molecular flexibility index (Phi) is 4.32. The van der Waals surface area contributed by atoms with Crippen molar-refractivity contribution in [2.75, 3.05) is 16.8 Å². The predicted molar refractivity (Wildman–Crippen MR) is 76.8 cm³/mol. The molecule has 1 heterocycles. The molecule has 0 amide bonds. The lowest BCUT2D eigenvalue weighted by molar-refractivity contribution is 0.562. The Balaban J connectivity index is 2.17. The van der Waals surface area contributed by atoms with Crippen LogP contribution in [0.3, 0.4) is 0 Å². The Labute approximate surface area is 121 Å². The zero-order chi connectivity index (χ0) is 13.3. The van der Waals surface area contributed by atoms with E-state index in [1.54, 1.807) is 12.1 Å². The number of nitrogens with one attached hydrogen (secondary N) is 1. The van der Waals surface area contributed by atoms with Gasteiger partial charge < -0.3 is 5.32 Å². The second-order valence-corrected chi connectivity index (χ2v) is 7.79. The van der Waals surface area contributed by atoms with Gasteiger partial charge in [0.2, 0.25) is 0 Å². The quantitative estimate of drug-likeness (QED) is 0.843. The summed E-state index contributed by atoms with van der Waals surface area (Å²) in [6, 6.07) is 3.04. The van der Waals surface area contributed by atoms with Crippen molar-refractivity contribution in [1.29, 1.82) is 0 Å². The molecule has 18 heavy (non-hydrogen) atoms. The van der Waals surface area contributed by atoms with Gasteiger partial charge in [-0.15, -0.1) is 0 Å². The first-order chi connectivity index (χ1) is 8.37. The minimum Gasteiger partial charge on any atom is -0.380 e. The van der Waals surface area contributed by atoms with Gasteiger partial charge in [-0.3, -0.25) is 0 Å². The molecule has 1 atom stereocenters. The lowest BCUT2D eigenvalue weighted by atomic mass is 10.1. The summed E-state index contributed by atoms with van der Waals surface area (Å²) in [5.41, 5.74) is 0.619. The van der Waals surface area contributed by atoms with Gasteiger partial charge in [0.05, 0.1) is 32.3 Å². The Morgan fingerprint density at radius 3 is 2.44 bits per heavy atom. The average molecular weight is 329 g/mol. The standard InChI is InChI=1S/C11H12Cl3NO2S/c12-8-4-10(14)11(5-9(8)13)15-7-2-1-3-18(16,17)6-7/h4-5,7,15H,1-3,6H2. The molecule has 7 heteroatoms. The Hall–Kier alpha value is -0.160. The van der Waals surface area contributed by atoms with Crippen molar-refractivity contribution < 1.29 is 8.42 Å². The highest BCUT2D eigenvalue weighted by Gasteiger charge is 2.25. The summed E-state index contributed by atoms with van der Waals surface area (Å²) < 4.78 is 23.1. The fraction of sp³-hybridized carbons (Fsp3) is 0.455. The van der Waals surface area contributed by atoms with E-state index in [1.165, 1.54) is 0 Å². The SMILES string of the molecule is O=S1(=O)CCCC(Nc2cc(Cl)c(Cl)cc2Cl)C1. The van der Waals surface area contributed by atoms with Gasteiger partial charge in [0.15, 0.2) is 9.84 Å². The number of rotatable bonds is 2. The van der Waals surface area contributed by atoms with E-state index in [1.807, 2.05) is 0 Å². The first-order valence-electron chi connectivity index (χ1n) is 5.49. The van der Waals surface area contributed by atoms with E-state index < -0.39 is 9.84 Å². The van der Waals surface area contributed by atoms with E-state index in [9.17, 15) is 8.42 Å². The molecule has 2 rings (SSSR count). The van der Waals surface area contributed by atoms with Gasteiger partial charge >= 0.3 is 0 Å². The second-order valence-electron chi connectivity index (χ2n) is 4.34. The van der Waals surface area contributed by atoms with Crippen LogP contribution in [-0.4, -0.2) is 26.0 Å². The van der Waals surface area contributed by atoms with Crippen molar-refractivity contribution in [1.82, 2.24) is 0 Å². The largest absolute Gasteiger partial charge is 0.380 e. The van der Waals surface area contributed by atoms with Gasteiger partial charge in [-0.2, -0.15) is 0 Å². The third-order valence-electron chi connectivity index (χ3n) is 2.83. The van der Waals surface area contributed by atoms with E-state index in [-0.39, 0.29) is 17.5 Å². The minimum absolute atomic E-state index is 0.126. The molecule has 0 radical (unpaired) electrons. The van der Waals surface area contributed by atoms with Crippen molar-refractivity contribution >= 4 is 50.3 Å². The number of hydrogen-bond donors (Lipinski definition) is 1. The Morgan fingerprint density at radius 2 is 1.78 bits per heavy atom. The normalized spacial score (nSPS) is 22.7. The van der Waals surface area contributed by atoms with Crippen molar-refractivity contribution in [2.24, 2.45) is 0 Å². The molecular formula is C11H12Cl3NO2S. The van der Waals surface area contributed by atoms with Gasteiger partial charge in [0.1, 0.15) is 0 Å². The maximum Gasteiger partial charge on any atom is 0.152 e. The molecule has 0 aromatic heterocycles. The summed E-state index contributed by atoms with van der Waals surface area (Å²) in [5.74, 6) is 0.393. The van der Waals surface area contributed by atoms with Crippen molar-refractivity contribution in [3.63, 3.8) is 0 Å². The lowest BCUT2D eigenvalue weighted by Crippen LogP contribution is -2.34. The molecule has 1 N–H and O–H groups in total. The average Bonchev–Trinajstić information content (AvgIpc) is 2.24. The highest BCUT2D eigenvalue weighted by atomic mass is 35.5. The van der Waals surface area contributed by atoms with E-state index in [2.05, 4.69) is 5.32 Å². The minimum atomic E-state index is -2.95. The van der Waals surface area contributed by atoms with Crippen molar-refractivity contribution in [3.05, 3.63) is 27.2 Å². The molecule has 1 aromatic rings.